The van der Waals surface area contributed by atoms with Gasteiger partial charge >= 0.3 is 5.97 Å². The lowest BCUT2D eigenvalue weighted by Gasteiger charge is -2.13. The molecule has 7 nitrogen and oxygen atoms in total. The molecule has 0 atom stereocenters. The molecule has 0 bridgehead atoms. The van der Waals surface area contributed by atoms with Gasteiger partial charge in [0.2, 0.25) is 0 Å². The van der Waals surface area contributed by atoms with Crippen molar-refractivity contribution >= 4 is 11.9 Å². The predicted octanol–water partition coefficient (Wildman–Crippen LogP) is 2.41. The molecule has 1 amide bonds. The molecule has 1 fully saturated rings. The fourth-order valence-corrected chi connectivity index (χ4v) is 2.91. The molecule has 0 unspecified atom stereocenters. The summed E-state index contributed by atoms with van der Waals surface area (Å²) in [6.45, 7) is 3.66. The second kappa shape index (κ2) is 8.16. The number of nitrogens with one attached hydrogen (secondary N) is 1. The SMILES string of the molecule is Cc1cc(C(=O)NCCc2cnc(C3CC3)nc2)cc(C)c1OCC(=O)O. The molecule has 0 saturated heterocycles. The van der Waals surface area contributed by atoms with Crippen molar-refractivity contribution in [1.82, 2.24) is 15.3 Å². The molecule has 142 valence electrons. The number of ether oxygens (including phenoxy) is 1. The van der Waals surface area contributed by atoms with Crippen LogP contribution in [-0.2, 0) is 11.2 Å². The van der Waals surface area contributed by atoms with Gasteiger partial charge in [-0.05, 0) is 61.9 Å². The first-order chi connectivity index (χ1) is 12.9. The molecule has 2 N–H and O–H groups in total. The number of hydrogen-bond acceptors (Lipinski definition) is 5. The van der Waals surface area contributed by atoms with Gasteiger partial charge in [0.25, 0.3) is 5.91 Å². The fourth-order valence-electron chi connectivity index (χ4n) is 2.91. The van der Waals surface area contributed by atoms with Crippen LogP contribution in [-0.4, -0.2) is 40.1 Å². The third-order valence-corrected chi connectivity index (χ3v) is 4.43. The number of carbonyl (C=O) groups excluding carboxylic acids is 1. The van der Waals surface area contributed by atoms with E-state index in [1.807, 2.05) is 12.4 Å². The molecule has 27 heavy (non-hydrogen) atoms. The molecule has 0 radical (unpaired) electrons. The minimum Gasteiger partial charge on any atom is -0.481 e. The minimum absolute atomic E-state index is 0.179. The van der Waals surface area contributed by atoms with Crippen molar-refractivity contribution < 1.29 is 19.4 Å². The number of carboxylic acids is 1. The second-order valence-electron chi connectivity index (χ2n) is 6.85. The molecular formula is C20H23N3O4. The highest BCUT2D eigenvalue weighted by Crippen LogP contribution is 2.37. The summed E-state index contributed by atoms with van der Waals surface area (Å²) in [7, 11) is 0. The van der Waals surface area contributed by atoms with Crippen LogP contribution >= 0.6 is 0 Å². The van der Waals surface area contributed by atoms with E-state index in [1.165, 1.54) is 12.8 Å². The van der Waals surface area contributed by atoms with E-state index in [0.29, 0.717) is 30.2 Å². The molecule has 1 aliphatic carbocycles. The van der Waals surface area contributed by atoms with E-state index in [4.69, 9.17) is 9.84 Å². The van der Waals surface area contributed by atoms with E-state index in [9.17, 15) is 9.59 Å². The largest absolute Gasteiger partial charge is 0.481 e. The monoisotopic (exact) mass is 369 g/mol. The topological polar surface area (TPSA) is 101 Å². The average molecular weight is 369 g/mol. The van der Waals surface area contributed by atoms with E-state index in [-0.39, 0.29) is 5.91 Å². The molecule has 2 aromatic rings. The van der Waals surface area contributed by atoms with Crippen LogP contribution in [0, 0.1) is 13.8 Å². The number of aliphatic carboxylic acids is 1. The molecular weight excluding hydrogens is 346 g/mol. The predicted molar refractivity (Wildman–Crippen MR) is 99.1 cm³/mol. The Labute approximate surface area is 157 Å². The van der Waals surface area contributed by atoms with Crippen LogP contribution in [0.1, 0.15) is 51.6 Å². The summed E-state index contributed by atoms with van der Waals surface area (Å²) in [4.78, 5) is 31.8. The number of rotatable bonds is 8. The van der Waals surface area contributed by atoms with Gasteiger partial charge in [-0.2, -0.15) is 0 Å². The lowest BCUT2D eigenvalue weighted by Crippen LogP contribution is -2.26. The molecule has 1 aliphatic rings. The molecule has 0 aliphatic heterocycles. The van der Waals surface area contributed by atoms with Crippen molar-refractivity contribution in [3.05, 3.63) is 52.6 Å². The van der Waals surface area contributed by atoms with Gasteiger partial charge in [-0.3, -0.25) is 4.79 Å². The van der Waals surface area contributed by atoms with E-state index >= 15 is 0 Å². The normalized spacial score (nSPS) is 13.3. The molecule has 7 heteroatoms. The van der Waals surface area contributed by atoms with Crippen molar-refractivity contribution in [2.45, 2.75) is 39.0 Å². The number of aryl methyl sites for hydroxylation is 2. The Bertz CT molecular complexity index is 822. The number of hydrogen-bond donors (Lipinski definition) is 2. The van der Waals surface area contributed by atoms with E-state index in [2.05, 4.69) is 15.3 Å². The Morgan fingerprint density at radius 1 is 1.19 bits per heavy atom. The minimum atomic E-state index is -1.04. The first kappa shape index (κ1) is 18.8. The highest BCUT2D eigenvalue weighted by Gasteiger charge is 2.26. The fraction of sp³-hybridized carbons (Fsp3) is 0.400. The Kier molecular flexibility index (Phi) is 5.69. The maximum absolute atomic E-state index is 12.4. The van der Waals surface area contributed by atoms with Gasteiger partial charge < -0.3 is 15.2 Å². The zero-order chi connectivity index (χ0) is 19.4. The Morgan fingerprint density at radius 3 is 2.37 bits per heavy atom. The van der Waals surface area contributed by atoms with Crippen LogP contribution in [0.3, 0.4) is 0 Å². The van der Waals surface area contributed by atoms with Crippen molar-refractivity contribution in [2.75, 3.05) is 13.2 Å². The summed E-state index contributed by atoms with van der Waals surface area (Å²) in [5.41, 5.74) is 2.97. The highest BCUT2D eigenvalue weighted by molar-refractivity contribution is 5.94. The van der Waals surface area contributed by atoms with Crippen molar-refractivity contribution in [2.24, 2.45) is 0 Å². The van der Waals surface area contributed by atoms with Crippen LogP contribution in [0.2, 0.25) is 0 Å². The van der Waals surface area contributed by atoms with Crippen LogP contribution < -0.4 is 10.1 Å². The van der Waals surface area contributed by atoms with Gasteiger partial charge in [-0.15, -0.1) is 0 Å². The van der Waals surface area contributed by atoms with Gasteiger partial charge in [0.15, 0.2) is 6.61 Å². The lowest BCUT2D eigenvalue weighted by atomic mass is 10.0. The van der Waals surface area contributed by atoms with Gasteiger partial charge in [0.1, 0.15) is 11.6 Å². The number of carbonyl (C=O) groups is 2. The molecule has 1 heterocycles. The van der Waals surface area contributed by atoms with Crippen LogP contribution in [0.5, 0.6) is 5.75 Å². The molecule has 1 saturated carbocycles. The van der Waals surface area contributed by atoms with Gasteiger partial charge in [-0.1, -0.05) is 0 Å². The number of amides is 1. The van der Waals surface area contributed by atoms with E-state index < -0.39 is 12.6 Å². The lowest BCUT2D eigenvalue weighted by molar-refractivity contribution is -0.139. The number of nitrogens with zero attached hydrogens (tertiary/aromatic N) is 2. The summed E-state index contributed by atoms with van der Waals surface area (Å²) in [5, 5.41) is 11.6. The third-order valence-electron chi connectivity index (χ3n) is 4.43. The van der Waals surface area contributed by atoms with Crippen LogP contribution in [0.15, 0.2) is 24.5 Å². The second-order valence-corrected chi connectivity index (χ2v) is 6.85. The summed E-state index contributed by atoms with van der Waals surface area (Å²) in [6.07, 6.45) is 6.67. The van der Waals surface area contributed by atoms with Gasteiger partial charge in [0, 0.05) is 30.4 Å². The van der Waals surface area contributed by atoms with Crippen LogP contribution in [0.25, 0.3) is 0 Å². The summed E-state index contributed by atoms with van der Waals surface area (Å²) >= 11 is 0. The number of aromatic nitrogens is 2. The Hall–Kier alpha value is -2.96. The number of carboxylic acid groups (broad SMARTS) is 1. The van der Waals surface area contributed by atoms with Crippen molar-refractivity contribution in [3.63, 3.8) is 0 Å². The summed E-state index contributed by atoms with van der Waals surface area (Å²) < 4.78 is 5.29. The first-order valence-corrected chi connectivity index (χ1v) is 8.99. The maximum Gasteiger partial charge on any atom is 0.341 e. The molecule has 1 aromatic carbocycles. The zero-order valence-electron chi connectivity index (χ0n) is 15.5. The molecule has 3 rings (SSSR count). The average Bonchev–Trinajstić information content (AvgIpc) is 3.46. The Balaban J connectivity index is 1.54. The first-order valence-electron chi connectivity index (χ1n) is 8.99. The Morgan fingerprint density at radius 2 is 1.81 bits per heavy atom. The molecule has 0 spiro atoms. The standard InChI is InChI=1S/C20H23N3O4/c1-12-7-16(8-13(2)18(12)27-11-17(24)25)20(26)21-6-5-14-9-22-19(23-10-14)15-3-4-15/h7-10,15H,3-6,11H2,1-2H3,(H,21,26)(H,24,25). The van der Waals surface area contributed by atoms with Gasteiger partial charge in [0.05, 0.1) is 0 Å². The summed E-state index contributed by atoms with van der Waals surface area (Å²) in [5.74, 6) is 0.736. The van der Waals surface area contributed by atoms with E-state index in [0.717, 1.165) is 22.5 Å². The van der Waals surface area contributed by atoms with Crippen molar-refractivity contribution in [1.29, 1.82) is 0 Å². The van der Waals surface area contributed by atoms with E-state index in [1.54, 1.807) is 26.0 Å². The smallest absolute Gasteiger partial charge is 0.341 e. The highest BCUT2D eigenvalue weighted by atomic mass is 16.5. The maximum atomic E-state index is 12.4. The zero-order valence-corrected chi connectivity index (χ0v) is 15.5. The van der Waals surface area contributed by atoms with Gasteiger partial charge in [-0.25, -0.2) is 14.8 Å². The van der Waals surface area contributed by atoms with Crippen molar-refractivity contribution in [3.8, 4) is 5.75 Å². The third kappa shape index (κ3) is 5.03. The molecule has 1 aromatic heterocycles. The summed E-state index contributed by atoms with van der Waals surface area (Å²) in [6, 6.07) is 3.40. The quantitative estimate of drug-likeness (QED) is 0.741. The van der Waals surface area contributed by atoms with Crippen LogP contribution in [0.4, 0.5) is 0 Å². The number of benzene rings is 1.